The summed E-state index contributed by atoms with van der Waals surface area (Å²) < 4.78 is 13.3. The van der Waals surface area contributed by atoms with Crippen LogP contribution in [0.5, 0.6) is 0 Å². The number of aliphatic hydroxyl groups excluding tert-OH is 1. The highest BCUT2D eigenvalue weighted by molar-refractivity contribution is 6.74. The van der Waals surface area contributed by atoms with Crippen molar-refractivity contribution in [3.05, 3.63) is 12.2 Å². The molecule has 0 bridgehead atoms. The van der Waals surface area contributed by atoms with Gasteiger partial charge < -0.3 is 14.0 Å². The molecule has 5 heteroatoms. The van der Waals surface area contributed by atoms with E-state index in [0.29, 0.717) is 0 Å². The van der Waals surface area contributed by atoms with Crippen LogP contribution in [0.3, 0.4) is 0 Å². The van der Waals surface area contributed by atoms with E-state index in [9.17, 15) is 0 Å². The van der Waals surface area contributed by atoms with Gasteiger partial charge in [-0.05, 0) is 49.6 Å². The van der Waals surface area contributed by atoms with E-state index in [2.05, 4.69) is 74.7 Å². The van der Waals surface area contributed by atoms with Crippen molar-refractivity contribution in [2.45, 2.75) is 103 Å². The Kier molecular flexibility index (Phi) is 8.65. The molecule has 0 heterocycles. The summed E-state index contributed by atoms with van der Waals surface area (Å²) in [7, 11) is -3.71. The first kappa shape index (κ1) is 24.1. The van der Waals surface area contributed by atoms with Crippen LogP contribution >= 0.6 is 0 Å². The summed E-state index contributed by atoms with van der Waals surface area (Å²) in [5.74, 6) is 0. The molecule has 0 rings (SSSR count). The van der Waals surface area contributed by atoms with Crippen LogP contribution in [0.1, 0.15) is 54.9 Å². The number of hydrogen-bond donors (Lipinski definition) is 1. The van der Waals surface area contributed by atoms with Gasteiger partial charge in [0.15, 0.2) is 16.6 Å². The average molecular weight is 375 g/mol. The maximum absolute atomic E-state index is 9.03. The normalized spacial score (nSPS) is 17.3. The van der Waals surface area contributed by atoms with Crippen LogP contribution in [-0.4, -0.2) is 40.6 Å². The second kappa shape index (κ2) is 8.63. The van der Waals surface area contributed by atoms with E-state index < -0.39 is 16.6 Å². The third-order valence-corrected chi connectivity index (χ3v) is 14.8. The summed E-state index contributed by atoms with van der Waals surface area (Å²) in [6, 6.07) is 0. The van der Waals surface area contributed by atoms with Gasteiger partial charge in [-0.15, -0.1) is 0 Å². The van der Waals surface area contributed by atoms with Gasteiger partial charge in [0.05, 0.1) is 18.8 Å². The molecular formula is C19H42O3Si2. The zero-order valence-electron chi connectivity index (χ0n) is 18.0. The van der Waals surface area contributed by atoms with Crippen LogP contribution in [0, 0.1) is 0 Å². The van der Waals surface area contributed by atoms with Gasteiger partial charge in [0.25, 0.3) is 0 Å². The van der Waals surface area contributed by atoms with E-state index >= 15 is 0 Å². The van der Waals surface area contributed by atoms with Crippen molar-refractivity contribution in [3.8, 4) is 0 Å². The molecule has 3 nitrogen and oxygen atoms in total. The van der Waals surface area contributed by atoms with Gasteiger partial charge in [-0.3, -0.25) is 0 Å². The molecule has 0 amide bonds. The second-order valence-corrected chi connectivity index (χ2v) is 19.4. The molecule has 0 aliphatic rings. The van der Waals surface area contributed by atoms with Crippen molar-refractivity contribution < 1.29 is 14.0 Å². The van der Waals surface area contributed by atoms with E-state index in [0.717, 1.165) is 6.42 Å². The molecule has 0 saturated heterocycles. The highest BCUT2D eigenvalue weighted by Crippen LogP contribution is 2.40. The highest BCUT2D eigenvalue weighted by Gasteiger charge is 2.43. The average Bonchev–Trinajstić information content (AvgIpc) is 2.34. The first-order valence-electron chi connectivity index (χ1n) is 9.16. The van der Waals surface area contributed by atoms with Gasteiger partial charge in [0, 0.05) is 0 Å². The molecule has 0 aromatic carbocycles. The SMILES string of the molecule is C[C@@H](O[Si](C)(C)C(C)(C)C)[C@@H](C/C=C/CO)O[Si](C)(C)C(C)(C)C. The largest absolute Gasteiger partial charge is 0.412 e. The third-order valence-electron chi connectivity index (χ3n) is 5.70. The molecule has 0 aromatic heterocycles. The fraction of sp³-hybridized carbons (Fsp3) is 0.895. The fourth-order valence-electron chi connectivity index (χ4n) is 1.91. The molecule has 0 saturated carbocycles. The van der Waals surface area contributed by atoms with Gasteiger partial charge in [-0.2, -0.15) is 0 Å². The van der Waals surface area contributed by atoms with Crippen LogP contribution in [0.15, 0.2) is 12.2 Å². The molecule has 0 spiro atoms. The Hall–Kier alpha value is 0.0538. The maximum Gasteiger partial charge on any atom is 0.192 e. The molecule has 0 aromatic rings. The van der Waals surface area contributed by atoms with Crippen LogP contribution in [0.2, 0.25) is 36.3 Å². The lowest BCUT2D eigenvalue weighted by molar-refractivity contribution is 0.0485. The van der Waals surface area contributed by atoms with Crippen molar-refractivity contribution >= 4 is 16.6 Å². The Morgan fingerprint density at radius 3 is 1.62 bits per heavy atom. The van der Waals surface area contributed by atoms with E-state index in [4.69, 9.17) is 14.0 Å². The zero-order chi connectivity index (χ0) is 19.4. The molecule has 0 fully saturated rings. The van der Waals surface area contributed by atoms with Gasteiger partial charge in [0.1, 0.15) is 0 Å². The minimum Gasteiger partial charge on any atom is -0.412 e. The molecule has 0 radical (unpaired) electrons. The molecule has 0 aliphatic heterocycles. The van der Waals surface area contributed by atoms with Crippen molar-refractivity contribution in [2.24, 2.45) is 0 Å². The smallest absolute Gasteiger partial charge is 0.192 e. The quantitative estimate of drug-likeness (QED) is 0.436. The topological polar surface area (TPSA) is 38.7 Å². The fourth-order valence-corrected chi connectivity index (χ4v) is 4.75. The first-order chi connectivity index (χ1) is 10.5. The van der Waals surface area contributed by atoms with Crippen LogP contribution in [-0.2, 0) is 8.85 Å². The Bertz CT molecular complexity index is 404. The summed E-state index contributed by atoms with van der Waals surface area (Å²) in [5, 5.41) is 9.38. The zero-order valence-corrected chi connectivity index (χ0v) is 20.0. The Morgan fingerprint density at radius 2 is 1.25 bits per heavy atom. The standard InChI is InChI=1S/C19H42O3Si2/c1-16(21-23(8,9)18(2,3)4)17(14-12-13-15-20)22-24(10,11)19(5,6)7/h12-13,16-17,20H,14-15H2,1-11H3/b13-12+/t16-,17-/m1/s1. The summed E-state index contributed by atoms with van der Waals surface area (Å²) in [5.41, 5.74) is 0. The van der Waals surface area contributed by atoms with Crippen LogP contribution in [0.4, 0.5) is 0 Å². The maximum atomic E-state index is 9.03. The van der Waals surface area contributed by atoms with Crippen molar-refractivity contribution in [1.29, 1.82) is 0 Å². The lowest BCUT2D eigenvalue weighted by Gasteiger charge is -2.44. The Morgan fingerprint density at radius 1 is 0.833 bits per heavy atom. The van der Waals surface area contributed by atoms with E-state index in [1.807, 2.05) is 6.08 Å². The van der Waals surface area contributed by atoms with Gasteiger partial charge in [0.2, 0.25) is 0 Å². The first-order valence-corrected chi connectivity index (χ1v) is 15.0. The minimum atomic E-state index is -1.87. The summed E-state index contributed by atoms with van der Waals surface area (Å²) >= 11 is 0. The van der Waals surface area contributed by atoms with E-state index in [1.165, 1.54) is 0 Å². The number of aliphatic hydroxyl groups is 1. The minimum absolute atomic E-state index is 0.0304. The highest BCUT2D eigenvalue weighted by atomic mass is 28.4. The summed E-state index contributed by atoms with van der Waals surface area (Å²) in [6.07, 6.45) is 4.67. The predicted molar refractivity (Wildman–Crippen MR) is 111 cm³/mol. The summed E-state index contributed by atoms with van der Waals surface area (Å²) in [4.78, 5) is 0. The number of hydrogen-bond acceptors (Lipinski definition) is 3. The second-order valence-electron chi connectivity index (χ2n) is 9.89. The molecule has 144 valence electrons. The third kappa shape index (κ3) is 7.12. The molecule has 2 atom stereocenters. The Balaban J connectivity index is 5.30. The van der Waals surface area contributed by atoms with E-state index in [1.54, 1.807) is 6.08 Å². The number of rotatable bonds is 8. The van der Waals surface area contributed by atoms with Gasteiger partial charge >= 0.3 is 0 Å². The van der Waals surface area contributed by atoms with Crippen molar-refractivity contribution in [3.63, 3.8) is 0 Å². The molecule has 24 heavy (non-hydrogen) atoms. The molecule has 1 N–H and O–H groups in total. The lowest BCUT2D eigenvalue weighted by atomic mass is 10.1. The Labute approximate surface area is 153 Å². The molecular weight excluding hydrogens is 332 g/mol. The monoisotopic (exact) mass is 374 g/mol. The van der Waals surface area contributed by atoms with E-state index in [-0.39, 0.29) is 28.9 Å². The molecule has 0 unspecified atom stereocenters. The van der Waals surface area contributed by atoms with Gasteiger partial charge in [-0.1, -0.05) is 53.7 Å². The van der Waals surface area contributed by atoms with Crippen molar-refractivity contribution in [1.82, 2.24) is 0 Å². The lowest BCUT2D eigenvalue weighted by Crippen LogP contribution is -2.51. The summed E-state index contributed by atoms with van der Waals surface area (Å²) in [6.45, 7) is 25.0. The van der Waals surface area contributed by atoms with Crippen molar-refractivity contribution in [2.75, 3.05) is 6.61 Å². The predicted octanol–water partition coefficient (Wildman–Crippen LogP) is 5.73. The molecule has 0 aliphatic carbocycles. The van der Waals surface area contributed by atoms with Crippen LogP contribution in [0.25, 0.3) is 0 Å². The van der Waals surface area contributed by atoms with Gasteiger partial charge in [-0.25, -0.2) is 0 Å². The van der Waals surface area contributed by atoms with Crippen LogP contribution < -0.4 is 0 Å².